The molecule has 2 rings (SSSR count). The third-order valence-electron chi connectivity index (χ3n) is 4.58. The number of carbonyl (C=O) groups excluding carboxylic acids is 1. The van der Waals surface area contributed by atoms with Gasteiger partial charge in [-0.3, -0.25) is 4.79 Å². The van der Waals surface area contributed by atoms with Gasteiger partial charge in [0.1, 0.15) is 5.75 Å². The SMILES string of the molecule is COc1cc(C)c(C(=O)C2CCCC2(C)C)cc1C. The monoisotopic (exact) mass is 260 g/mol. The molecule has 2 heteroatoms. The highest BCUT2D eigenvalue weighted by Crippen LogP contribution is 2.44. The fourth-order valence-corrected chi connectivity index (χ4v) is 3.28. The lowest BCUT2D eigenvalue weighted by Gasteiger charge is -2.26. The third kappa shape index (κ3) is 2.54. The zero-order chi connectivity index (χ0) is 14.2. The Morgan fingerprint density at radius 1 is 1.26 bits per heavy atom. The molecular weight excluding hydrogens is 236 g/mol. The van der Waals surface area contributed by atoms with Crippen LogP contribution in [0.3, 0.4) is 0 Å². The number of hydrogen-bond donors (Lipinski definition) is 0. The quantitative estimate of drug-likeness (QED) is 0.756. The molecule has 0 saturated heterocycles. The Bertz CT molecular complexity index is 500. The fraction of sp³-hybridized carbons (Fsp3) is 0.588. The van der Waals surface area contributed by atoms with Crippen molar-refractivity contribution in [1.82, 2.24) is 0 Å². The van der Waals surface area contributed by atoms with Crippen molar-refractivity contribution in [2.75, 3.05) is 7.11 Å². The molecule has 0 bridgehead atoms. The van der Waals surface area contributed by atoms with Crippen molar-refractivity contribution < 1.29 is 9.53 Å². The Kier molecular flexibility index (Phi) is 3.71. The number of hydrogen-bond acceptors (Lipinski definition) is 2. The Labute approximate surface area is 116 Å². The highest BCUT2D eigenvalue weighted by molar-refractivity contribution is 6.00. The summed E-state index contributed by atoms with van der Waals surface area (Å²) in [5.41, 5.74) is 3.07. The molecule has 0 aliphatic heterocycles. The first kappa shape index (κ1) is 14.1. The molecule has 0 spiro atoms. The predicted octanol–water partition coefficient (Wildman–Crippen LogP) is 4.32. The third-order valence-corrected chi connectivity index (χ3v) is 4.58. The van der Waals surface area contributed by atoms with Gasteiger partial charge >= 0.3 is 0 Å². The number of benzene rings is 1. The van der Waals surface area contributed by atoms with E-state index in [-0.39, 0.29) is 11.3 Å². The minimum absolute atomic E-state index is 0.136. The molecule has 1 saturated carbocycles. The van der Waals surface area contributed by atoms with Crippen LogP contribution in [0.15, 0.2) is 12.1 Å². The molecule has 1 aromatic rings. The molecule has 0 amide bonds. The maximum absolute atomic E-state index is 12.8. The zero-order valence-electron chi connectivity index (χ0n) is 12.7. The van der Waals surface area contributed by atoms with Gasteiger partial charge in [-0.05, 0) is 55.4 Å². The summed E-state index contributed by atoms with van der Waals surface area (Å²) in [6.45, 7) is 8.43. The summed E-state index contributed by atoms with van der Waals surface area (Å²) in [4.78, 5) is 12.8. The fourth-order valence-electron chi connectivity index (χ4n) is 3.28. The van der Waals surface area contributed by atoms with Gasteiger partial charge in [-0.1, -0.05) is 20.3 Å². The van der Waals surface area contributed by atoms with Crippen molar-refractivity contribution in [3.8, 4) is 5.75 Å². The van der Waals surface area contributed by atoms with E-state index >= 15 is 0 Å². The van der Waals surface area contributed by atoms with Crippen LogP contribution in [0.25, 0.3) is 0 Å². The van der Waals surface area contributed by atoms with E-state index in [1.54, 1.807) is 7.11 Å². The van der Waals surface area contributed by atoms with Crippen LogP contribution in [-0.2, 0) is 0 Å². The van der Waals surface area contributed by atoms with Gasteiger partial charge in [0.05, 0.1) is 7.11 Å². The smallest absolute Gasteiger partial charge is 0.166 e. The molecule has 1 atom stereocenters. The molecule has 19 heavy (non-hydrogen) atoms. The summed E-state index contributed by atoms with van der Waals surface area (Å²) in [5, 5.41) is 0. The van der Waals surface area contributed by atoms with E-state index < -0.39 is 0 Å². The van der Waals surface area contributed by atoms with Crippen molar-refractivity contribution in [2.24, 2.45) is 11.3 Å². The number of methoxy groups -OCH3 is 1. The number of rotatable bonds is 3. The summed E-state index contributed by atoms with van der Waals surface area (Å²) in [6, 6.07) is 3.97. The van der Waals surface area contributed by atoms with Crippen LogP contribution in [0.5, 0.6) is 5.75 Å². The minimum atomic E-state index is 0.136. The molecular formula is C17H24O2. The number of Topliss-reactive ketones (excluding diaryl/α,β-unsaturated/α-hetero) is 1. The number of aryl methyl sites for hydroxylation is 2. The average molecular weight is 260 g/mol. The first-order chi connectivity index (χ1) is 8.86. The van der Waals surface area contributed by atoms with Gasteiger partial charge in [-0.25, -0.2) is 0 Å². The van der Waals surface area contributed by atoms with Gasteiger partial charge in [0.25, 0.3) is 0 Å². The second-order valence-electron chi connectivity index (χ2n) is 6.43. The van der Waals surface area contributed by atoms with Gasteiger partial charge in [0.2, 0.25) is 0 Å². The highest BCUT2D eigenvalue weighted by atomic mass is 16.5. The summed E-state index contributed by atoms with van der Waals surface area (Å²) >= 11 is 0. The normalized spacial score (nSPS) is 21.4. The highest BCUT2D eigenvalue weighted by Gasteiger charge is 2.39. The van der Waals surface area contributed by atoms with E-state index in [1.165, 1.54) is 0 Å². The molecule has 1 aliphatic rings. The average Bonchev–Trinajstić information content (AvgIpc) is 2.70. The summed E-state index contributed by atoms with van der Waals surface area (Å²) in [5.74, 6) is 1.34. The molecule has 0 aromatic heterocycles. The van der Waals surface area contributed by atoms with Gasteiger partial charge in [-0.15, -0.1) is 0 Å². The molecule has 1 aromatic carbocycles. The predicted molar refractivity (Wildman–Crippen MR) is 77.9 cm³/mol. The van der Waals surface area contributed by atoms with Crippen LogP contribution in [0.1, 0.15) is 54.6 Å². The van der Waals surface area contributed by atoms with Gasteiger partial charge < -0.3 is 4.74 Å². The lowest BCUT2D eigenvalue weighted by atomic mass is 9.77. The van der Waals surface area contributed by atoms with Crippen molar-refractivity contribution in [3.63, 3.8) is 0 Å². The number of ketones is 1. The number of carbonyl (C=O) groups is 1. The number of ether oxygens (including phenoxy) is 1. The second-order valence-corrected chi connectivity index (χ2v) is 6.43. The van der Waals surface area contributed by atoms with E-state index in [4.69, 9.17) is 4.74 Å². The van der Waals surface area contributed by atoms with Gasteiger partial charge in [-0.2, -0.15) is 0 Å². The van der Waals surface area contributed by atoms with E-state index in [9.17, 15) is 4.79 Å². The van der Waals surface area contributed by atoms with Crippen LogP contribution >= 0.6 is 0 Å². The first-order valence-corrected chi connectivity index (χ1v) is 7.06. The van der Waals surface area contributed by atoms with Gasteiger partial charge in [0.15, 0.2) is 5.78 Å². The van der Waals surface area contributed by atoms with Crippen molar-refractivity contribution in [1.29, 1.82) is 0 Å². The topological polar surface area (TPSA) is 26.3 Å². The molecule has 0 N–H and O–H groups in total. The first-order valence-electron chi connectivity index (χ1n) is 7.06. The Morgan fingerprint density at radius 2 is 1.95 bits per heavy atom. The van der Waals surface area contributed by atoms with Crippen molar-refractivity contribution in [3.05, 3.63) is 28.8 Å². The molecule has 2 nitrogen and oxygen atoms in total. The van der Waals surface area contributed by atoms with Crippen LogP contribution in [-0.4, -0.2) is 12.9 Å². The van der Waals surface area contributed by atoms with E-state index in [0.717, 1.165) is 41.7 Å². The van der Waals surface area contributed by atoms with E-state index in [0.29, 0.717) is 5.78 Å². The van der Waals surface area contributed by atoms with Crippen molar-refractivity contribution >= 4 is 5.78 Å². The maximum atomic E-state index is 12.8. The van der Waals surface area contributed by atoms with Crippen LogP contribution < -0.4 is 4.74 Å². The zero-order valence-corrected chi connectivity index (χ0v) is 12.7. The lowest BCUT2D eigenvalue weighted by Crippen LogP contribution is -2.26. The Balaban J connectivity index is 2.37. The van der Waals surface area contributed by atoms with E-state index in [2.05, 4.69) is 13.8 Å². The largest absolute Gasteiger partial charge is 0.496 e. The van der Waals surface area contributed by atoms with Crippen molar-refractivity contribution in [2.45, 2.75) is 47.0 Å². The molecule has 0 radical (unpaired) electrons. The van der Waals surface area contributed by atoms with Crippen LogP contribution in [0, 0.1) is 25.2 Å². The second kappa shape index (κ2) is 4.99. The Hall–Kier alpha value is -1.31. The summed E-state index contributed by atoms with van der Waals surface area (Å²) < 4.78 is 5.32. The maximum Gasteiger partial charge on any atom is 0.166 e. The van der Waals surface area contributed by atoms with Crippen LogP contribution in [0.4, 0.5) is 0 Å². The standard InChI is InChI=1S/C17H24O2/c1-11-10-15(19-5)12(2)9-13(11)16(18)14-7-6-8-17(14,3)4/h9-10,14H,6-8H2,1-5H3. The van der Waals surface area contributed by atoms with Crippen LogP contribution in [0.2, 0.25) is 0 Å². The molecule has 104 valence electrons. The summed E-state index contributed by atoms with van der Waals surface area (Å²) in [7, 11) is 1.67. The van der Waals surface area contributed by atoms with Gasteiger partial charge in [0, 0.05) is 11.5 Å². The summed E-state index contributed by atoms with van der Waals surface area (Å²) in [6.07, 6.45) is 3.34. The Morgan fingerprint density at radius 3 is 2.47 bits per heavy atom. The molecule has 1 aliphatic carbocycles. The molecule has 1 unspecified atom stereocenters. The lowest BCUT2D eigenvalue weighted by molar-refractivity contribution is 0.0838. The van der Waals surface area contributed by atoms with E-state index in [1.807, 2.05) is 26.0 Å². The molecule has 0 heterocycles. The molecule has 1 fully saturated rings. The minimum Gasteiger partial charge on any atom is -0.496 e.